The Morgan fingerprint density at radius 3 is 2.53 bits per heavy atom. The van der Waals surface area contributed by atoms with E-state index < -0.39 is 5.66 Å². The van der Waals surface area contributed by atoms with Crippen LogP contribution in [0.15, 0.2) is 54.6 Å². The summed E-state index contributed by atoms with van der Waals surface area (Å²) in [6, 6.07) is 17.7. The number of nitrogens with zero attached hydrogens (tertiary/aromatic N) is 4. The summed E-state index contributed by atoms with van der Waals surface area (Å²) in [5, 5.41) is 0. The molecule has 2 fully saturated rings. The van der Waals surface area contributed by atoms with Crippen LogP contribution in [0.2, 0.25) is 0 Å². The zero-order valence-electron chi connectivity index (χ0n) is 19.8. The van der Waals surface area contributed by atoms with Gasteiger partial charge in [0, 0.05) is 52.1 Å². The fourth-order valence-corrected chi connectivity index (χ4v) is 5.63. The SMILES string of the molecule is CC12CCC(=O)N1c1ccccc1C(=O)N2CCC(=O)N1CCCN(Cc2ccccc2)CC1. The Morgan fingerprint density at radius 2 is 1.71 bits per heavy atom. The Morgan fingerprint density at radius 1 is 0.941 bits per heavy atom. The van der Waals surface area contributed by atoms with Crippen molar-refractivity contribution in [2.45, 2.75) is 44.8 Å². The Bertz CT molecular complexity index is 1090. The third kappa shape index (κ3) is 4.09. The molecule has 0 aromatic heterocycles. The van der Waals surface area contributed by atoms with Gasteiger partial charge in [-0.1, -0.05) is 42.5 Å². The number of para-hydroxylation sites is 1. The van der Waals surface area contributed by atoms with Crippen molar-refractivity contribution in [3.05, 3.63) is 65.7 Å². The fourth-order valence-electron chi connectivity index (χ4n) is 5.63. The van der Waals surface area contributed by atoms with E-state index in [1.165, 1.54) is 5.56 Å². The van der Waals surface area contributed by atoms with Gasteiger partial charge in [0.25, 0.3) is 5.91 Å². The van der Waals surface area contributed by atoms with Gasteiger partial charge in [0.15, 0.2) is 0 Å². The van der Waals surface area contributed by atoms with Gasteiger partial charge in [0.2, 0.25) is 11.8 Å². The molecule has 0 spiro atoms. The van der Waals surface area contributed by atoms with Crippen molar-refractivity contribution < 1.29 is 14.4 Å². The average Bonchev–Trinajstić information content (AvgIpc) is 3.00. The maximum atomic E-state index is 13.4. The normalized spacial score (nSPS) is 23.0. The van der Waals surface area contributed by atoms with Gasteiger partial charge in [-0.25, -0.2) is 0 Å². The first kappa shape index (κ1) is 22.6. The molecule has 3 aliphatic heterocycles. The molecule has 1 unspecified atom stereocenters. The molecule has 3 aliphatic rings. The Labute approximate surface area is 200 Å². The van der Waals surface area contributed by atoms with E-state index in [-0.39, 0.29) is 24.1 Å². The molecule has 3 heterocycles. The number of fused-ring (bicyclic) bond motifs is 3. The van der Waals surface area contributed by atoms with Crippen molar-refractivity contribution >= 4 is 23.4 Å². The van der Waals surface area contributed by atoms with Gasteiger partial charge in [-0.2, -0.15) is 0 Å². The van der Waals surface area contributed by atoms with E-state index in [9.17, 15) is 14.4 Å². The lowest BCUT2D eigenvalue weighted by molar-refractivity contribution is -0.131. The van der Waals surface area contributed by atoms with Crippen molar-refractivity contribution in [1.29, 1.82) is 0 Å². The number of carbonyl (C=O) groups is 3. The van der Waals surface area contributed by atoms with Gasteiger partial charge >= 0.3 is 0 Å². The summed E-state index contributed by atoms with van der Waals surface area (Å²) in [5.74, 6) is 0.0132. The largest absolute Gasteiger partial charge is 0.341 e. The second kappa shape index (κ2) is 9.22. The monoisotopic (exact) mass is 460 g/mol. The van der Waals surface area contributed by atoms with Crippen LogP contribution in [0, 0.1) is 0 Å². The Hall–Kier alpha value is -3.19. The molecule has 7 nitrogen and oxygen atoms in total. The molecule has 3 amide bonds. The molecule has 0 radical (unpaired) electrons. The Kier molecular flexibility index (Phi) is 6.13. The molecule has 7 heteroatoms. The lowest BCUT2D eigenvalue weighted by atomic mass is 9.98. The van der Waals surface area contributed by atoms with Crippen molar-refractivity contribution in [3.63, 3.8) is 0 Å². The van der Waals surface area contributed by atoms with Gasteiger partial charge in [0.1, 0.15) is 5.66 Å². The van der Waals surface area contributed by atoms with Crippen molar-refractivity contribution in [3.8, 4) is 0 Å². The van der Waals surface area contributed by atoms with Gasteiger partial charge in [-0.3, -0.25) is 24.2 Å². The van der Waals surface area contributed by atoms with Crippen LogP contribution in [0.5, 0.6) is 0 Å². The third-order valence-corrected chi connectivity index (χ3v) is 7.49. The maximum absolute atomic E-state index is 13.4. The molecular formula is C27H32N4O3. The smallest absolute Gasteiger partial charge is 0.257 e. The van der Waals surface area contributed by atoms with Crippen LogP contribution in [0.4, 0.5) is 5.69 Å². The van der Waals surface area contributed by atoms with E-state index in [2.05, 4.69) is 29.2 Å². The number of hydrogen-bond donors (Lipinski definition) is 0. The predicted molar refractivity (Wildman–Crippen MR) is 130 cm³/mol. The van der Waals surface area contributed by atoms with Gasteiger partial charge in [0.05, 0.1) is 11.3 Å². The fraction of sp³-hybridized carbons (Fsp3) is 0.444. The van der Waals surface area contributed by atoms with Crippen LogP contribution in [-0.2, 0) is 16.1 Å². The van der Waals surface area contributed by atoms with E-state index >= 15 is 0 Å². The highest BCUT2D eigenvalue weighted by molar-refractivity contribution is 6.10. The lowest BCUT2D eigenvalue weighted by Gasteiger charge is -2.48. The molecule has 2 aromatic carbocycles. The molecular weight excluding hydrogens is 428 g/mol. The van der Waals surface area contributed by atoms with Crippen molar-refractivity contribution in [1.82, 2.24) is 14.7 Å². The van der Waals surface area contributed by atoms with E-state index in [1.807, 2.05) is 36.1 Å². The standard InChI is InChI=1S/C27H32N4O3/c1-27-14-12-25(33)31(27)23-11-6-5-10-22(23)26(34)30(27)17-13-24(32)29-16-7-15-28(18-19-29)20-21-8-3-2-4-9-21/h2-6,8-11H,7,12-20H2,1H3. The second-order valence-corrected chi connectivity index (χ2v) is 9.67. The van der Waals surface area contributed by atoms with Crippen LogP contribution >= 0.6 is 0 Å². The second-order valence-electron chi connectivity index (χ2n) is 9.67. The van der Waals surface area contributed by atoms with Crippen LogP contribution in [0.3, 0.4) is 0 Å². The topological polar surface area (TPSA) is 64.2 Å². The van der Waals surface area contributed by atoms with Crippen LogP contribution < -0.4 is 4.90 Å². The van der Waals surface area contributed by atoms with E-state index in [1.54, 1.807) is 15.9 Å². The summed E-state index contributed by atoms with van der Waals surface area (Å²) >= 11 is 0. The molecule has 0 saturated carbocycles. The summed E-state index contributed by atoms with van der Waals surface area (Å²) < 4.78 is 0. The summed E-state index contributed by atoms with van der Waals surface area (Å²) in [6.45, 7) is 6.41. The molecule has 1 atom stereocenters. The first-order valence-electron chi connectivity index (χ1n) is 12.3. The minimum absolute atomic E-state index is 0.0322. The van der Waals surface area contributed by atoms with Crippen LogP contribution in [0.25, 0.3) is 0 Å². The van der Waals surface area contributed by atoms with E-state index in [0.29, 0.717) is 37.2 Å². The highest BCUT2D eigenvalue weighted by Gasteiger charge is 2.52. The predicted octanol–water partition coefficient (Wildman–Crippen LogP) is 3.11. The molecule has 5 rings (SSSR count). The highest BCUT2D eigenvalue weighted by Crippen LogP contribution is 2.44. The minimum Gasteiger partial charge on any atom is -0.341 e. The first-order chi connectivity index (χ1) is 16.5. The molecule has 0 N–H and O–H groups in total. The number of hydrogen-bond acceptors (Lipinski definition) is 4. The van der Waals surface area contributed by atoms with Gasteiger partial charge in [-0.05, 0) is 37.5 Å². The van der Waals surface area contributed by atoms with E-state index in [4.69, 9.17) is 0 Å². The highest BCUT2D eigenvalue weighted by atomic mass is 16.2. The molecule has 2 saturated heterocycles. The molecule has 0 aliphatic carbocycles. The number of rotatable bonds is 5. The zero-order valence-corrected chi connectivity index (χ0v) is 19.8. The van der Waals surface area contributed by atoms with Crippen molar-refractivity contribution in [2.24, 2.45) is 0 Å². The summed E-state index contributed by atoms with van der Waals surface area (Å²) in [4.78, 5) is 47.1. The molecule has 0 bridgehead atoms. The summed E-state index contributed by atoms with van der Waals surface area (Å²) in [7, 11) is 0. The molecule has 2 aromatic rings. The molecule has 178 valence electrons. The van der Waals surface area contributed by atoms with E-state index in [0.717, 1.165) is 32.6 Å². The van der Waals surface area contributed by atoms with Gasteiger partial charge in [-0.15, -0.1) is 0 Å². The lowest BCUT2D eigenvalue weighted by Crippen LogP contribution is -2.62. The first-order valence-corrected chi connectivity index (χ1v) is 12.3. The quantitative estimate of drug-likeness (QED) is 0.688. The number of carbonyl (C=O) groups excluding carboxylic acids is 3. The zero-order chi connectivity index (χ0) is 23.7. The summed E-state index contributed by atoms with van der Waals surface area (Å²) in [6.07, 6.45) is 2.20. The van der Waals surface area contributed by atoms with Gasteiger partial charge < -0.3 is 9.80 Å². The average molecular weight is 461 g/mol. The van der Waals surface area contributed by atoms with Crippen LogP contribution in [0.1, 0.15) is 48.5 Å². The third-order valence-electron chi connectivity index (χ3n) is 7.49. The van der Waals surface area contributed by atoms with Crippen LogP contribution in [-0.4, -0.2) is 70.8 Å². The maximum Gasteiger partial charge on any atom is 0.257 e. The number of anilines is 1. The number of benzene rings is 2. The Balaban J connectivity index is 1.24. The summed E-state index contributed by atoms with van der Waals surface area (Å²) in [5.41, 5.74) is 1.80. The number of amides is 3. The minimum atomic E-state index is -0.714. The van der Waals surface area contributed by atoms with Crippen molar-refractivity contribution in [2.75, 3.05) is 37.6 Å². The molecule has 34 heavy (non-hydrogen) atoms.